The van der Waals surface area contributed by atoms with Crippen LogP contribution < -0.4 is 0 Å². The molecule has 0 aromatic heterocycles. The Kier molecular flexibility index (Phi) is 4.76. The predicted molar refractivity (Wildman–Crippen MR) is 74.2 cm³/mol. The third-order valence-electron chi connectivity index (χ3n) is 3.31. The van der Waals surface area contributed by atoms with Crippen molar-refractivity contribution in [2.75, 3.05) is 0 Å². The normalized spacial score (nSPS) is 15.6. The Morgan fingerprint density at radius 3 is 1.94 bits per heavy atom. The molecule has 2 atom stereocenters. The molecule has 0 aliphatic carbocycles. The van der Waals surface area contributed by atoms with Crippen LogP contribution in [0, 0.1) is 5.41 Å². The summed E-state index contributed by atoms with van der Waals surface area (Å²) in [5.74, 6) is 0.601. The lowest BCUT2D eigenvalue weighted by atomic mass is 9.86. The number of rotatable bonds is 4. The van der Waals surface area contributed by atoms with Crippen LogP contribution in [0.2, 0.25) is 0 Å². The number of aliphatic hydroxyl groups is 1. The summed E-state index contributed by atoms with van der Waals surface area (Å²) in [6, 6.07) is 8.43. The smallest absolute Gasteiger partial charge is 0.0795 e. The van der Waals surface area contributed by atoms with E-state index in [1.165, 1.54) is 5.56 Å². The van der Waals surface area contributed by atoms with Crippen molar-refractivity contribution in [2.45, 2.75) is 59.5 Å². The molecule has 17 heavy (non-hydrogen) atoms. The van der Waals surface area contributed by atoms with Crippen LogP contribution in [-0.2, 0) is 0 Å². The van der Waals surface area contributed by atoms with Gasteiger partial charge in [0.2, 0.25) is 0 Å². The molecule has 0 radical (unpaired) electrons. The highest BCUT2D eigenvalue weighted by Crippen LogP contribution is 2.30. The van der Waals surface area contributed by atoms with E-state index in [2.05, 4.69) is 58.9 Å². The van der Waals surface area contributed by atoms with E-state index < -0.39 is 0 Å². The molecule has 1 N–H and O–H groups in total. The number of benzene rings is 1. The van der Waals surface area contributed by atoms with Crippen LogP contribution in [0.1, 0.15) is 70.6 Å². The third kappa shape index (κ3) is 4.51. The van der Waals surface area contributed by atoms with Crippen molar-refractivity contribution in [3.8, 4) is 0 Å². The van der Waals surface area contributed by atoms with Crippen molar-refractivity contribution < 1.29 is 5.11 Å². The first-order valence-electron chi connectivity index (χ1n) is 6.61. The fraction of sp³-hybridized carbons (Fsp3) is 0.625. The number of hydrogen-bond acceptors (Lipinski definition) is 1. The maximum Gasteiger partial charge on any atom is 0.0795 e. The van der Waals surface area contributed by atoms with E-state index in [1.807, 2.05) is 0 Å². The first-order valence-corrected chi connectivity index (χ1v) is 6.61. The zero-order valence-corrected chi connectivity index (χ0v) is 11.8. The van der Waals surface area contributed by atoms with Crippen molar-refractivity contribution in [1.29, 1.82) is 0 Å². The van der Waals surface area contributed by atoms with Crippen LogP contribution in [0.3, 0.4) is 0 Å². The topological polar surface area (TPSA) is 20.2 Å². The van der Waals surface area contributed by atoms with E-state index in [-0.39, 0.29) is 11.5 Å². The van der Waals surface area contributed by atoms with Gasteiger partial charge in [0.15, 0.2) is 0 Å². The summed E-state index contributed by atoms with van der Waals surface area (Å²) in [4.78, 5) is 0. The molecule has 0 amide bonds. The Labute approximate surface area is 106 Å². The standard InChI is InChI=1S/C16H26O/c1-6-12(2)13-7-9-14(10-8-13)15(17)11-16(3,4)5/h7-10,12,15,17H,6,11H2,1-5H3. The minimum atomic E-state index is -0.346. The van der Waals surface area contributed by atoms with Crippen molar-refractivity contribution in [3.63, 3.8) is 0 Å². The Bertz CT molecular complexity index is 332. The fourth-order valence-corrected chi connectivity index (χ4v) is 1.98. The molecule has 2 unspecified atom stereocenters. The van der Waals surface area contributed by atoms with Gasteiger partial charge in [0, 0.05) is 0 Å². The molecule has 1 nitrogen and oxygen atoms in total. The Hall–Kier alpha value is -0.820. The molecular weight excluding hydrogens is 208 g/mol. The molecule has 0 heterocycles. The van der Waals surface area contributed by atoms with Gasteiger partial charge in [-0.1, -0.05) is 58.9 Å². The monoisotopic (exact) mass is 234 g/mol. The van der Waals surface area contributed by atoms with E-state index >= 15 is 0 Å². The van der Waals surface area contributed by atoms with Gasteiger partial charge in [-0.2, -0.15) is 0 Å². The van der Waals surface area contributed by atoms with Crippen LogP contribution in [0.15, 0.2) is 24.3 Å². The van der Waals surface area contributed by atoms with Crippen molar-refractivity contribution in [2.24, 2.45) is 5.41 Å². The molecule has 1 aromatic carbocycles. The minimum absolute atomic E-state index is 0.162. The average Bonchev–Trinajstić information content (AvgIpc) is 2.26. The summed E-state index contributed by atoms with van der Waals surface area (Å²) in [7, 11) is 0. The molecule has 0 spiro atoms. The van der Waals surface area contributed by atoms with Gasteiger partial charge >= 0.3 is 0 Å². The summed E-state index contributed by atoms with van der Waals surface area (Å²) < 4.78 is 0. The quantitative estimate of drug-likeness (QED) is 0.802. The van der Waals surface area contributed by atoms with Gasteiger partial charge < -0.3 is 5.11 Å². The van der Waals surface area contributed by atoms with Crippen molar-refractivity contribution in [3.05, 3.63) is 35.4 Å². The Balaban J connectivity index is 2.74. The SMILES string of the molecule is CCC(C)c1ccc(C(O)CC(C)(C)C)cc1. The van der Waals surface area contributed by atoms with Gasteiger partial charge in [-0.15, -0.1) is 0 Å². The average molecular weight is 234 g/mol. The lowest BCUT2D eigenvalue weighted by Gasteiger charge is -2.22. The van der Waals surface area contributed by atoms with E-state index in [1.54, 1.807) is 0 Å². The van der Waals surface area contributed by atoms with Crippen LogP contribution in [-0.4, -0.2) is 5.11 Å². The van der Waals surface area contributed by atoms with Crippen molar-refractivity contribution >= 4 is 0 Å². The van der Waals surface area contributed by atoms with E-state index in [0.29, 0.717) is 5.92 Å². The second-order valence-electron chi connectivity index (χ2n) is 6.26. The molecule has 0 bridgehead atoms. The fourth-order valence-electron chi connectivity index (χ4n) is 1.98. The molecule has 1 rings (SSSR count). The second kappa shape index (κ2) is 5.68. The maximum atomic E-state index is 10.1. The van der Waals surface area contributed by atoms with Gasteiger partial charge in [0.25, 0.3) is 0 Å². The highest BCUT2D eigenvalue weighted by atomic mass is 16.3. The molecule has 0 aliphatic rings. The highest BCUT2D eigenvalue weighted by Gasteiger charge is 2.18. The number of hydrogen-bond donors (Lipinski definition) is 1. The summed E-state index contributed by atoms with van der Waals surface area (Å²) >= 11 is 0. The third-order valence-corrected chi connectivity index (χ3v) is 3.31. The summed E-state index contributed by atoms with van der Waals surface area (Å²) in [6.07, 6.45) is 1.61. The maximum absolute atomic E-state index is 10.1. The van der Waals surface area contributed by atoms with E-state index in [4.69, 9.17) is 0 Å². The molecule has 0 aliphatic heterocycles. The summed E-state index contributed by atoms with van der Waals surface area (Å²) in [5, 5.41) is 10.1. The van der Waals surface area contributed by atoms with Gasteiger partial charge in [0.05, 0.1) is 6.10 Å². The summed E-state index contributed by atoms with van der Waals surface area (Å²) in [5.41, 5.74) is 2.56. The van der Waals surface area contributed by atoms with Crippen LogP contribution in [0.5, 0.6) is 0 Å². The Morgan fingerprint density at radius 2 is 1.53 bits per heavy atom. The second-order valence-corrected chi connectivity index (χ2v) is 6.26. The van der Waals surface area contributed by atoms with Crippen molar-refractivity contribution in [1.82, 2.24) is 0 Å². The van der Waals surface area contributed by atoms with Gasteiger partial charge in [0.1, 0.15) is 0 Å². The molecule has 1 heteroatoms. The highest BCUT2D eigenvalue weighted by molar-refractivity contribution is 5.26. The zero-order chi connectivity index (χ0) is 13.1. The summed E-state index contributed by atoms with van der Waals surface area (Å²) in [6.45, 7) is 10.9. The molecule has 96 valence electrons. The first kappa shape index (κ1) is 14.2. The van der Waals surface area contributed by atoms with E-state index in [0.717, 1.165) is 18.4 Å². The van der Waals surface area contributed by atoms with Gasteiger partial charge in [-0.05, 0) is 35.3 Å². The van der Waals surface area contributed by atoms with Crippen LogP contribution in [0.4, 0.5) is 0 Å². The zero-order valence-electron chi connectivity index (χ0n) is 11.8. The van der Waals surface area contributed by atoms with E-state index in [9.17, 15) is 5.11 Å². The minimum Gasteiger partial charge on any atom is -0.388 e. The molecule has 1 aromatic rings. The number of aliphatic hydroxyl groups excluding tert-OH is 1. The lowest BCUT2D eigenvalue weighted by molar-refractivity contribution is 0.122. The molecule has 0 fully saturated rings. The lowest BCUT2D eigenvalue weighted by Crippen LogP contribution is -2.11. The van der Waals surface area contributed by atoms with Crippen LogP contribution >= 0.6 is 0 Å². The van der Waals surface area contributed by atoms with Crippen LogP contribution in [0.25, 0.3) is 0 Å². The first-order chi connectivity index (χ1) is 7.83. The Morgan fingerprint density at radius 1 is 1.06 bits per heavy atom. The largest absolute Gasteiger partial charge is 0.388 e. The molecule has 0 saturated carbocycles. The van der Waals surface area contributed by atoms with Gasteiger partial charge in [-0.25, -0.2) is 0 Å². The molecular formula is C16H26O. The predicted octanol–water partition coefficient (Wildman–Crippen LogP) is 4.67. The van der Waals surface area contributed by atoms with Gasteiger partial charge in [-0.3, -0.25) is 0 Å². The molecule has 0 saturated heterocycles.